The Morgan fingerprint density at radius 2 is 1.72 bits per heavy atom. The van der Waals surface area contributed by atoms with Gasteiger partial charge in [-0.1, -0.05) is 42.5 Å². The van der Waals surface area contributed by atoms with E-state index < -0.39 is 5.91 Å². The van der Waals surface area contributed by atoms with Gasteiger partial charge in [0.25, 0.3) is 5.91 Å². The van der Waals surface area contributed by atoms with Crippen molar-refractivity contribution in [2.24, 2.45) is 0 Å². The molecule has 3 amide bonds. The molecule has 4 rings (SSSR count). The average molecular weight is 388 g/mol. The van der Waals surface area contributed by atoms with Crippen molar-refractivity contribution >= 4 is 17.6 Å². The second-order valence-corrected chi connectivity index (χ2v) is 6.82. The molecular formula is C22H20N4O3. The zero-order chi connectivity index (χ0) is 20.2. The van der Waals surface area contributed by atoms with Crippen LogP contribution in [0, 0.1) is 0 Å². The fourth-order valence-corrected chi connectivity index (χ4v) is 3.35. The minimum absolute atomic E-state index is 0.193. The number of nitrogens with one attached hydrogen (secondary N) is 2. The van der Waals surface area contributed by atoms with E-state index in [9.17, 15) is 9.59 Å². The lowest BCUT2D eigenvalue weighted by atomic mass is 10.0. The minimum Gasteiger partial charge on any atom is -0.318 e. The molecule has 1 aliphatic heterocycles. The zero-order valence-electron chi connectivity index (χ0n) is 15.6. The maximum atomic E-state index is 12.6. The first-order chi connectivity index (χ1) is 14.1. The van der Waals surface area contributed by atoms with Gasteiger partial charge in [0.15, 0.2) is 0 Å². The van der Waals surface area contributed by atoms with Gasteiger partial charge in [0.2, 0.25) is 0 Å². The predicted octanol–water partition coefficient (Wildman–Crippen LogP) is 3.46. The Balaban J connectivity index is 1.41. The van der Waals surface area contributed by atoms with Crippen LogP contribution in [0.25, 0.3) is 11.1 Å². The highest BCUT2D eigenvalue weighted by molar-refractivity contribution is 5.93. The molecule has 0 bridgehead atoms. The maximum absolute atomic E-state index is 12.6. The van der Waals surface area contributed by atoms with Crippen LogP contribution in [-0.2, 0) is 13.0 Å². The van der Waals surface area contributed by atoms with Crippen LogP contribution in [-0.4, -0.2) is 33.6 Å². The summed E-state index contributed by atoms with van der Waals surface area (Å²) in [5, 5.41) is 11.7. The lowest BCUT2D eigenvalue weighted by Crippen LogP contribution is -2.39. The molecule has 29 heavy (non-hydrogen) atoms. The first kappa shape index (κ1) is 18.6. The molecule has 7 nitrogen and oxygen atoms in total. The van der Waals surface area contributed by atoms with Crippen LogP contribution in [0.2, 0.25) is 0 Å². The highest BCUT2D eigenvalue weighted by Gasteiger charge is 2.22. The number of hydrogen-bond acceptors (Lipinski definition) is 4. The monoisotopic (exact) mass is 388 g/mol. The third-order valence-corrected chi connectivity index (χ3v) is 4.95. The molecule has 0 atom stereocenters. The van der Waals surface area contributed by atoms with E-state index in [-0.39, 0.29) is 6.03 Å². The van der Waals surface area contributed by atoms with Crippen LogP contribution in [0.5, 0.6) is 0 Å². The molecule has 0 aliphatic carbocycles. The molecular weight excluding hydrogens is 368 g/mol. The maximum Gasteiger partial charge on any atom is 0.322 e. The molecule has 1 aromatic heterocycles. The second-order valence-electron chi connectivity index (χ2n) is 6.82. The lowest BCUT2D eigenvalue weighted by Gasteiger charge is -2.28. The summed E-state index contributed by atoms with van der Waals surface area (Å²) in [6, 6.07) is 19.3. The van der Waals surface area contributed by atoms with E-state index in [2.05, 4.69) is 10.3 Å². The molecule has 0 fully saturated rings. The summed E-state index contributed by atoms with van der Waals surface area (Å²) in [5.41, 5.74) is 6.49. The number of benzene rings is 2. The van der Waals surface area contributed by atoms with E-state index in [1.807, 2.05) is 54.6 Å². The molecule has 2 aromatic carbocycles. The van der Waals surface area contributed by atoms with Crippen molar-refractivity contribution < 1.29 is 14.8 Å². The predicted molar refractivity (Wildman–Crippen MR) is 109 cm³/mol. The fraction of sp³-hybridized carbons (Fsp3) is 0.136. The SMILES string of the molecule is O=C(NO)c1cnc2c(c1)CCN(C(=O)Nc1ccc(-c3ccccc3)cc1)C2. The van der Waals surface area contributed by atoms with Crippen molar-refractivity contribution in [3.63, 3.8) is 0 Å². The van der Waals surface area contributed by atoms with E-state index in [0.29, 0.717) is 25.1 Å². The number of carbonyl (C=O) groups is 2. The van der Waals surface area contributed by atoms with Crippen LogP contribution in [0.4, 0.5) is 10.5 Å². The number of fused-ring (bicyclic) bond motifs is 1. The first-order valence-corrected chi connectivity index (χ1v) is 9.27. The van der Waals surface area contributed by atoms with Crippen LogP contribution in [0.3, 0.4) is 0 Å². The Labute approximate surface area is 168 Å². The van der Waals surface area contributed by atoms with Gasteiger partial charge in [-0.25, -0.2) is 10.3 Å². The number of anilines is 1. The number of carbonyl (C=O) groups excluding carboxylic acids is 2. The number of urea groups is 1. The Morgan fingerprint density at radius 3 is 2.45 bits per heavy atom. The second kappa shape index (κ2) is 8.12. The van der Waals surface area contributed by atoms with Crippen LogP contribution in [0.1, 0.15) is 21.6 Å². The lowest BCUT2D eigenvalue weighted by molar-refractivity contribution is 0.0705. The van der Waals surface area contributed by atoms with E-state index in [1.165, 1.54) is 6.20 Å². The van der Waals surface area contributed by atoms with Gasteiger partial charge >= 0.3 is 6.03 Å². The number of hydrogen-bond donors (Lipinski definition) is 3. The van der Waals surface area contributed by atoms with Gasteiger partial charge in [-0.2, -0.15) is 0 Å². The molecule has 146 valence electrons. The smallest absolute Gasteiger partial charge is 0.318 e. The highest BCUT2D eigenvalue weighted by Crippen LogP contribution is 2.22. The number of amides is 3. The average Bonchev–Trinajstić information content (AvgIpc) is 2.79. The molecule has 0 saturated carbocycles. The van der Waals surface area contributed by atoms with Gasteiger partial charge in [0.1, 0.15) is 0 Å². The summed E-state index contributed by atoms with van der Waals surface area (Å²) in [5.74, 6) is -0.598. The molecule has 7 heteroatoms. The van der Waals surface area contributed by atoms with Crippen LogP contribution >= 0.6 is 0 Å². The van der Waals surface area contributed by atoms with Gasteiger partial charge in [-0.15, -0.1) is 0 Å². The van der Waals surface area contributed by atoms with Crippen molar-refractivity contribution in [1.82, 2.24) is 15.4 Å². The van der Waals surface area contributed by atoms with Crippen molar-refractivity contribution in [3.8, 4) is 11.1 Å². The fourth-order valence-electron chi connectivity index (χ4n) is 3.35. The Morgan fingerprint density at radius 1 is 1.00 bits per heavy atom. The number of pyridine rings is 1. The minimum atomic E-state index is -0.598. The molecule has 1 aliphatic rings. The van der Waals surface area contributed by atoms with Crippen molar-refractivity contribution in [1.29, 1.82) is 0 Å². The van der Waals surface area contributed by atoms with Crippen LogP contribution in [0.15, 0.2) is 66.9 Å². The Kier molecular flexibility index (Phi) is 5.22. The Hall–Kier alpha value is -3.71. The quantitative estimate of drug-likeness (QED) is 0.473. The number of rotatable bonds is 3. The largest absolute Gasteiger partial charge is 0.322 e. The Bertz CT molecular complexity index is 1040. The summed E-state index contributed by atoms with van der Waals surface area (Å²) in [6.07, 6.45) is 1.99. The van der Waals surface area contributed by atoms with E-state index in [0.717, 1.165) is 28.1 Å². The first-order valence-electron chi connectivity index (χ1n) is 9.27. The summed E-state index contributed by atoms with van der Waals surface area (Å²) in [4.78, 5) is 30.1. The standard InChI is InChI=1S/C22H20N4O3/c27-21(25-29)18-12-17-10-11-26(14-20(17)23-13-18)22(28)24-19-8-6-16(7-9-19)15-4-2-1-3-5-15/h1-9,12-13,29H,10-11,14H2,(H,24,28)(H,25,27). The molecule has 0 spiro atoms. The van der Waals surface area contributed by atoms with E-state index in [1.54, 1.807) is 16.4 Å². The zero-order valence-corrected chi connectivity index (χ0v) is 15.6. The van der Waals surface area contributed by atoms with Gasteiger partial charge < -0.3 is 10.2 Å². The number of hydroxylamine groups is 1. The summed E-state index contributed by atoms with van der Waals surface area (Å²) in [7, 11) is 0. The van der Waals surface area contributed by atoms with E-state index >= 15 is 0 Å². The molecule has 0 radical (unpaired) electrons. The normalized spacial score (nSPS) is 12.8. The molecule has 0 unspecified atom stereocenters. The van der Waals surface area contributed by atoms with Gasteiger partial charge in [-0.3, -0.25) is 15.0 Å². The van der Waals surface area contributed by atoms with Crippen LogP contribution < -0.4 is 10.8 Å². The van der Waals surface area contributed by atoms with Gasteiger partial charge in [0.05, 0.1) is 17.8 Å². The molecule has 0 saturated heterocycles. The molecule has 2 heterocycles. The summed E-state index contributed by atoms with van der Waals surface area (Å²) >= 11 is 0. The van der Waals surface area contributed by atoms with Crippen molar-refractivity contribution in [2.45, 2.75) is 13.0 Å². The van der Waals surface area contributed by atoms with Crippen molar-refractivity contribution in [3.05, 3.63) is 83.7 Å². The summed E-state index contributed by atoms with van der Waals surface area (Å²) in [6.45, 7) is 0.886. The van der Waals surface area contributed by atoms with Gasteiger partial charge in [-0.05, 0) is 41.3 Å². The topological polar surface area (TPSA) is 94.6 Å². The van der Waals surface area contributed by atoms with Gasteiger partial charge in [0, 0.05) is 18.4 Å². The molecule has 3 N–H and O–H groups in total. The third-order valence-electron chi connectivity index (χ3n) is 4.95. The highest BCUT2D eigenvalue weighted by atomic mass is 16.5. The molecule has 3 aromatic rings. The van der Waals surface area contributed by atoms with E-state index in [4.69, 9.17) is 5.21 Å². The van der Waals surface area contributed by atoms with Crippen molar-refractivity contribution in [2.75, 3.05) is 11.9 Å². The third kappa shape index (κ3) is 4.09. The number of nitrogens with zero attached hydrogens (tertiary/aromatic N) is 2. The summed E-state index contributed by atoms with van der Waals surface area (Å²) < 4.78 is 0. The number of aromatic nitrogens is 1.